The highest BCUT2D eigenvalue weighted by Crippen LogP contribution is 2.32. The van der Waals surface area contributed by atoms with Gasteiger partial charge in [0.15, 0.2) is 5.82 Å². The van der Waals surface area contributed by atoms with E-state index in [-0.39, 0.29) is 5.78 Å². The molecule has 0 radical (unpaired) electrons. The summed E-state index contributed by atoms with van der Waals surface area (Å²) in [5.41, 5.74) is 3.45. The smallest absolute Gasteiger partial charge is 0.203 e. The molecule has 5 rings (SSSR count). The van der Waals surface area contributed by atoms with Gasteiger partial charge in [-0.05, 0) is 30.3 Å². The Morgan fingerprint density at radius 1 is 1.00 bits per heavy atom. The lowest BCUT2D eigenvalue weighted by atomic mass is 10.1. The number of hydrogen-bond donors (Lipinski definition) is 2. The Hall–Kier alpha value is -3.51. The molecule has 0 fully saturated rings. The van der Waals surface area contributed by atoms with Crippen LogP contribution in [0.3, 0.4) is 0 Å². The molecule has 130 valence electrons. The number of carbonyl (C=O) groups is 1. The van der Waals surface area contributed by atoms with Gasteiger partial charge in [-0.1, -0.05) is 30.3 Å². The number of thiophene rings is 1. The van der Waals surface area contributed by atoms with Crippen LogP contribution in [0, 0.1) is 0 Å². The van der Waals surface area contributed by atoms with Gasteiger partial charge in [0.2, 0.25) is 5.78 Å². The fraction of sp³-hybridized carbons (Fsp3) is 0. The van der Waals surface area contributed by atoms with Crippen LogP contribution in [0.25, 0.3) is 21.1 Å². The molecule has 3 heterocycles. The lowest BCUT2D eigenvalue weighted by Gasteiger charge is -2.06. The van der Waals surface area contributed by atoms with E-state index in [9.17, 15) is 4.79 Å². The number of rotatable bonds is 4. The summed E-state index contributed by atoms with van der Waals surface area (Å²) in [6.45, 7) is 0. The van der Waals surface area contributed by atoms with E-state index < -0.39 is 0 Å². The van der Waals surface area contributed by atoms with E-state index in [1.807, 2.05) is 60.8 Å². The van der Waals surface area contributed by atoms with Crippen molar-refractivity contribution in [1.82, 2.24) is 15.0 Å². The number of aromatic amines is 1. The monoisotopic (exact) mass is 370 g/mol. The Morgan fingerprint density at radius 3 is 2.78 bits per heavy atom. The van der Waals surface area contributed by atoms with Gasteiger partial charge in [0.25, 0.3) is 0 Å². The van der Waals surface area contributed by atoms with E-state index in [1.165, 1.54) is 17.7 Å². The third-order valence-electron chi connectivity index (χ3n) is 4.39. The fourth-order valence-corrected chi connectivity index (χ4v) is 4.07. The first-order valence-corrected chi connectivity index (χ1v) is 9.28. The number of aromatic nitrogens is 3. The van der Waals surface area contributed by atoms with Gasteiger partial charge in [-0.2, -0.15) is 0 Å². The van der Waals surface area contributed by atoms with Gasteiger partial charge in [-0.15, -0.1) is 11.3 Å². The molecule has 2 aromatic carbocycles. The maximum atomic E-state index is 12.7. The molecule has 27 heavy (non-hydrogen) atoms. The Morgan fingerprint density at radius 2 is 1.89 bits per heavy atom. The van der Waals surface area contributed by atoms with E-state index in [0.717, 1.165) is 26.8 Å². The van der Waals surface area contributed by atoms with E-state index in [2.05, 4.69) is 26.3 Å². The van der Waals surface area contributed by atoms with Crippen molar-refractivity contribution in [2.45, 2.75) is 0 Å². The quantitative estimate of drug-likeness (QED) is 0.429. The van der Waals surface area contributed by atoms with Crippen molar-refractivity contribution >= 4 is 49.7 Å². The van der Waals surface area contributed by atoms with Crippen LogP contribution in [0.4, 0.5) is 11.5 Å². The second-order valence-electron chi connectivity index (χ2n) is 6.15. The molecule has 0 aliphatic carbocycles. The van der Waals surface area contributed by atoms with Gasteiger partial charge in [0.1, 0.15) is 6.33 Å². The van der Waals surface area contributed by atoms with Crippen molar-refractivity contribution in [3.63, 3.8) is 0 Å². The van der Waals surface area contributed by atoms with Crippen LogP contribution in [0.5, 0.6) is 0 Å². The molecular formula is C21H14N4OS. The maximum absolute atomic E-state index is 12.7. The summed E-state index contributed by atoms with van der Waals surface area (Å²) in [5.74, 6) is 0.699. The van der Waals surface area contributed by atoms with E-state index in [0.29, 0.717) is 16.3 Å². The summed E-state index contributed by atoms with van der Waals surface area (Å²) in [6.07, 6.45) is 3.43. The lowest BCUT2D eigenvalue weighted by molar-refractivity contribution is 0.104. The van der Waals surface area contributed by atoms with Gasteiger partial charge in [0.05, 0.1) is 15.1 Å². The van der Waals surface area contributed by atoms with E-state index in [1.54, 1.807) is 0 Å². The van der Waals surface area contributed by atoms with Crippen LogP contribution in [0.2, 0.25) is 0 Å². The summed E-state index contributed by atoms with van der Waals surface area (Å²) in [5, 5.41) is 4.48. The molecule has 0 spiro atoms. The minimum atomic E-state index is -0.00158. The molecule has 0 unspecified atom stereocenters. The predicted molar refractivity (Wildman–Crippen MR) is 109 cm³/mol. The zero-order chi connectivity index (χ0) is 18.2. The predicted octanol–water partition coefficient (Wildman–Crippen LogP) is 5.15. The number of hydrogen-bond acceptors (Lipinski definition) is 5. The van der Waals surface area contributed by atoms with Crippen LogP contribution in [0.1, 0.15) is 15.2 Å². The van der Waals surface area contributed by atoms with Crippen LogP contribution in [-0.4, -0.2) is 20.7 Å². The van der Waals surface area contributed by atoms with Crippen molar-refractivity contribution in [1.29, 1.82) is 0 Å². The Labute approximate surface area is 158 Å². The largest absolute Gasteiger partial charge is 0.361 e. The number of ketones is 1. The average molecular weight is 370 g/mol. The van der Waals surface area contributed by atoms with E-state index in [4.69, 9.17) is 0 Å². The minimum Gasteiger partial charge on any atom is -0.361 e. The van der Waals surface area contributed by atoms with Crippen molar-refractivity contribution in [3.8, 4) is 0 Å². The second-order valence-corrected chi connectivity index (χ2v) is 7.20. The standard InChI is InChI=1S/C21H14N4OS/c26-19(13-4-2-1-3-5-13)18-11-17-20(27-18)21(24-12-23-17)25-15-6-7-16-14(10-15)8-9-22-16/h1-12,22H,(H,23,24,25). The first-order valence-electron chi connectivity index (χ1n) is 8.46. The molecule has 0 aliphatic heterocycles. The normalized spacial score (nSPS) is 11.1. The third-order valence-corrected chi connectivity index (χ3v) is 5.52. The molecule has 6 heteroatoms. The highest BCUT2D eigenvalue weighted by molar-refractivity contribution is 7.21. The molecule has 0 aliphatic rings. The zero-order valence-electron chi connectivity index (χ0n) is 14.1. The van der Waals surface area contributed by atoms with E-state index >= 15 is 0 Å². The van der Waals surface area contributed by atoms with Crippen LogP contribution < -0.4 is 5.32 Å². The molecule has 3 aromatic heterocycles. The molecule has 5 aromatic rings. The number of H-pyrrole nitrogens is 1. The zero-order valence-corrected chi connectivity index (χ0v) is 15.0. The molecule has 5 nitrogen and oxygen atoms in total. The SMILES string of the molecule is O=C(c1ccccc1)c1cc2ncnc(Nc3ccc4[nH]ccc4c3)c2s1. The number of nitrogens with one attached hydrogen (secondary N) is 2. The van der Waals surface area contributed by atoms with Crippen molar-refractivity contribution in [2.75, 3.05) is 5.32 Å². The summed E-state index contributed by atoms with van der Waals surface area (Å²) in [6, 6.07) is 19.2. The molecule has 0 bridgehead atoms. The first-order chi connectivity index (χ1) is 13.3. The molecule has 0 amide bonds. The number of carbonyl (C=O) groups excluding carboxylic acids is 1. The Kier molecular flexibility index (Phi) is 3.69. The molecule has 0 saturated carbocycles. The number of anilines is 2. The highest BCUT2D eigenvalue weighted by atomic mass is 32.1. The molecular weight excluding hydrogens is 356 g/mol. The van der Waals surface area contributed by atoms with Crippen LogP contribution >= 0.6 is 11.3 Å². The third kappa shape index (κ3) is 2.86. The van der Waals surface area contributed by atoms with Crippen molar-refractivity contribution in [3.05, 3.63) is 83.6 Å². The summed E-state index contributed by atoms with van der Waals surface area (Å²) < 4.78 is 0.867. The number of fused-ring (bicyclic) bond motifs is 2. The average Bonchev–Trinajstić information content (AvgIpc) is 3.35. The maximum Gasteiger partial charge on any atom is 0.203 e. The van der Waals surface area contributed by atoms with Gasteiger partial charge in [0, 0.05) is 28.4 Å². The van der Waals surface area contributed by atoms with Crippen LogP contribution in [0.15, 0.2) is 73.2 Å². The number of nitrogens with zero attached hydrogens (tertiary/aromatic N) is 2. The minimum absolute atomic E-state index is 0.00158. The highest BCUT2D eigenvalue weighted by Gasteiger charge is 2.15. The molecule has 0 atom stereocenters. The number of benzene rings is 2. The summed E-state index contributed by atoms with van der Waals surface area (Å²) in [7, 11) is 0. The Bertz CT molecular complexity index is 1270. The van der Waals surface area contributed by atoms with Gasteiger partial charge < -0.3 is 10.3 Å². The summed E-state index contributed by atoms with van der Waals surface area (Å²) in [4.78, 5) is 25.3. The van der Waals surface area contributed by atoms with Crippen molar-refractivity contribution in [2.24, 2.45) is 0 Å². The Balaban J connectivity index is 1.53. The molecule has 2 N–H and O–H groups in total. The second kappa shape index (κ2) is 6.34. The summed E-state index contributed by atoms with van der Waals surface area (Å²) >= 11 is 1.41. The van der Waals surface area contributed by atoms with Gasteiger partial charge in [-0.3, -0.25) is 4.79 Å². The fourth-order valence-electron chi connectivity index (χ4n) is 3.05. The van der Waals surface area contributed by atoms with Gasteiger partial charge >= 0.3 is 0 Å². The first kappa shape index (κ1) is 15.7. The topological polar surface area (TPSA) is 70.7 Å². The lowest BCUT2D eigenvalue weighted by Crippen LogP contribution is -1.97. The van der Waals surface area contributed by atoms with Crippen molar-refractivity contribution < 1.29 is 4.79 Å². The molecule has 0 saturated heterocycles. The van der Waals surface area contributed by atoms with Gasteiger partial charge in [-0.25, -0.2) is 9.97 Å². The van der Waals surface area contributed by atoms with Crippen LogP contribution in [-0.2, 0) is 0 Å².